The Morgan fingerprint density at radius 2 is 1.72 bits per heavy atom. The van der Waals surface area contributed by atoms with Crippen molar-refractivity contribution < 1.29 is 14.7 Å². The average Bonchev–Trinajstić information content (AvgIpc) is 2.26. The number of nitrogens with one attached hydrogen (secondary N) is 2. The van der Waals surface area contributed by atoms with Gasteiger partial charge in [0, 0.05) is 12.6 Å². The molecule has 0 heterocycles. The summed E-state index contributed by atoms with van der Waals surface area (Å²) in [6.07, 6.45) is 2.80. The minimum absolute atomic E-state index is 0.0678. The van der Waals surface area contributed by atoms with Gasteiger partial charge in [0.25, 0.3) is 0 Å². The highest BCUT2D eigenvalue weighted by atomic mass is 16.4. The minimum Gasteiger partial charge on any atom is -0.481 e. The number of urea groups is 1. The van der Waals surface area contributed by atoms with E-state index in [1.807, 2.05) is 0 Å². The lowest BCUT2D eigenvalue weighted by Gasteiger charge is -2.27. The van der Waals surface area contributed by atoms with Crippen molar-refractivity contribution in [3.63, 3.8) is 0 Å². The summed E-state index contributed by atoms with van der Waals surface area (Å²) in [5.74, 6) is -0.952. The van der Waals surface area contributed by atoms with Gasteiger partial charge in [0.05, 0.1) is 5.92 Å². The third-order valence-electron chi connectivity index (χ3n) is 3.19. The monoisotopic (exact) mass is 256 g/mol. The van der Waals surface area contributed by atoms with E-state index >= 15 is 0 Å². The lowest BCUT2D eigenvalue weighted by Crippen LogP contribution is -2.46. The summed E-state index contributed by atoms with van der Waals surface area (Å²) in [6, 6.07) is -0.0377. The Kier molecular flexibility index (Phi) is 4.99. The van der Waals surface area contributed by atoms with E-state index in [1.165, 1.54) is 0 Å². The number of amides is 2. The van der Waals surface area contributed by atoms with Gasteiger partial charge < -0.3 is 15.7 Å². The van der Waals surface area contributed by atoms with Crippen molar-refractivity contribution in [3.8, 4) is 0 Å². The third kappa shape index (κ3) is 5.38. The van der Waals surface area contributed by atoms with Crippen molar-refractivity contribution in [1.29, 1.82) is 0 Å². The second kappa shape index (κ2) is 6.07. The number of carbonyl (C=O) groups is 2. The molecule has 2 amide bonds. The molecule has 3 N–H and O–H groups in total. The second-order valence-electron chi connectivity index (χ2n) is 6.27. The zero-order valence-corrected chi connectivity index (χ0v) is 11.5. The topological polar surface area (TPSA) is 78.4 Å². The van der Waals surface area contributed by atoms with Crippen LogP contribution in [-0.4, -0.2) is 29.7 Å². The molecule has 0 saturated heterocycles. The SMILES string of the molecule is CC(C)(C)CNC(=O)NC1CCC(C(=O)O)CC1. The molecule has 104 valence electrons. The van der Waals surface area contributed by atoms with Gasteiger partial charge in [0.1, 0.15) is 0 Å². The maximum atomic E-state index is 11.6. The van der Waals surface area contributed by atoms with E-state index in [2.05, 4.69) is 31.4 Å². The Bertz CT molecular complexity index is 302. The number of carbonyl (C=O) groups excluding carboxylic acids is 1. The molecule has 0 aromatic heterocycles. The molecule has 1 aliphatic rings. The lowest BCUT2D eigenvalue weighted by atomic mass is 9.86. The molecular weight excluding hydrogens is 232 g/mol. The van der Waals surface area contributed by atoms with Gasteiger partial charge in [-0.25, -0.2) is 4.79 Å². The molecule has 1 aliphatic carbocycles. The Morgan fingerprint density at radius 1 is 1.17 bits per heavy atom. The predicted molar refractivity (Wildman–Crippen MR) is 69.4 cm³/mol. The van der Waals surface area contributed by atoms with E-state index in [1.54, 1.807) is 0 Å². The van der Waals surface area contributed by atoms with Crippen molar-refractivity contribution >= 4 is 12.0 Å². The predicted octanol–water partition coefficient (Wildman–Crippen LogP) is 1.98. The van der Waals surface area contributed by atoms with Crippen LogP contribution >= 0.6 is 0 Å². The Labute approximate surface area is 108 Å². The van der Waals surface area contributed by atoms with E-state index in [9.17, 15) is 9.59 Å². The fraction of sp³-hybridized carbons (Fsp3) is 0.846. The molecule has 18 heavy (non-hydrogen) atoms. The van der Waals surface area contributed by atoms with Gasteiger partial charge in [0.15, 0.2) is 0 Å². The first-order valence-electron chi connectivity index (χ1n) is 6.55. The first-order chi connectivity index (χ1) is 8.28. The van der Waals surface area contributed by atoms with Crippen LogP contribution in [0.3, 0.4) is 0 Å². The number of carboxylic acids is 1. The highest BCUT2D eigenvalue weighted by Crippen LogP contribution is 2.24. The molecule has 0 bridgehead atoms. The van der Waals surface area contributed by atoms with Crippen molar-refractivity contribution in [3.05, 3.63) is 0 Å². The number of hydrogen-bond acceptors (Lipinski definition) is 2. The van der Waals surface area contributed by atoms with Crippen molar-refractivity contribution in [2.75, 3.05) is 6.54 Å². The molecule has 0 aliphatic heterocycles. The van der Waals surface area contributed by atoms with Gasteiger partial charge in [-0.3, -0.25) is 4.79 Å². The Morgan fingerprint density at radius 3 is 2.17 bits per heavy atom. The van der Waals surface area contributed by atoms with Crippen LogP contribution in [0.5, 0.6) is 0 Å². The third-order valence-corrected chi connectivity index (χ3v) is 3.19. The molecule has 5 nitrogen and oxygen atoms in total. The number of hydrogen-bond donors (Lipinski definition) is 3. The molecule has 1 fully saturated rings. The summed E-state index contributed by atoms with van der Waals surface area (Å²) in [4.78, 5) is 22.4. The summed E-state index contributed by atoms with van der Waals surface area (Å²) in [5.41, 5.74) is 0.0678. The second-order valence-corrected chi connectivity index (χ2v) is 6.27. The maximum Gasteiger partial charge on any atom is 0.315 e. The molecule has 1 rings (SSSR count). The summed E-state index contributed by atoms with van der Waals surface area (Å²) < 4.78 is 0. The average molecular weight is 256 g/mol. The minimum atomic E-state index is -0.717. The van der Waals surface area contributed by atoms with Crippen LogP contribution in [0.25, 0.3) is 0 Å². The Balaban J connectivity index is 2.24. The van der Waals surface area contributed by atoms with Crippen LogP contribution < -0.4 is 10.6 Å². The zero-order chi connectivity index (χ0) is 13.8. The molecular formula is C13H24N2O3. The fourth-order valence-electron chi connectivity index (χ4n) is 2.07. The molecule has 1 saturated carbocycles. The van der Waals surface area contributed by atoms with E-state index in [0.717, 1.165) is 12.8 Å². The van der Waals surface area contributed by atoms with Crippen LogP contribution in [0, 0.1) is 11.3 Å². The molecule has 0 aromatic carbocycles. The number of aliphatic carboxylic acids is 1. The highest BCUT2D eigenvalue weighted by molar-refractivity contribution is 5.74. The van der Waals surface area contributed by atoms with Crippen LogP contribution in [0.1, 0.15) is 46.5 Å². The van der Waals surface area contributed by atoms with E-state index in [0.29, 0.717) is 19.4 Å². The van der Waals surface area contributed by atoms with E-state index in [-0.39, 0.29) is 23.4 Å². The molecule has 0 aromatic rings. The number of rotatable bonds is 3. The maximum absolute atomic E-state index is 11.6. The van der Waals surface area contributed by atoms with Crippen molar-refractivity contribution in [2.24, 2.45) is 11.3 Å². The van der Waals surface area contributed by atoms with Gasteiger partial charge in [-0.15, -0.1) is 0 Å². The van der Waals surface area contributed by atoms with Gasteiger partial charge in [-0.1, -0.05) is 20.8 Å². The van der Waals surface area contributed by atoms with Gasteiger partial charge in [-0.2, -0.15) is 0 Å². The summed E-state index contributed by atoms with van der Waals surface area (Å²) >= 11 is 0. The molecule has 0 unspecified atom stereocenters. The first kappa shape index (κ1) is 14.8. The standard InChI is InChI=1S/C13H24N2O3/c1-13(2,3)8-14-12(18)15-10-6-4-9(5-7-10)11(16)17/h9-10H,4-8H2,1-3H3,(H,16,17)(H2,14,15,18). The largest absolute Gasteiger partial charge is 0.481 e. The number of carboxylic acid groups (broad SMARTS) is 1. The van der Waals surface area contributed by atoms with Gasteiger partial charge in [0.2, 0.25) is 0 Å². The van der Waals surface area contributed by atoms with Crippen LogP contribution in [-0.2, 0) is 4.79 Å². The molecule has 0 spiro atoms. The smallest absolute Gasteiger partial charge is 0.315 e. The Hall–Kier alpha value is -1.26. The van der Waals surface area contributed by atoms with E-state index < -0.39 is 5.97 Å². The molecule has 0 atom stereocenters. The van der Waals surface area contributed by atoms with Crippen molar-refractivity contribution in [2.45, 2.75) is 52.5 Å². The first-order valence-corrected chi connectivity index (χ1v) is 6.55. The quantitative estimate of drug-likeness (QED) is 0.722. The van der Waals surface area contributed by atoms with Gasteiger partial charge in [-0.05, 0) is 31.1 Å². The summed E-state index contributed by atoms with van der Waals surface area (Å²) in [6.45, 7) is 6.81. The van der Waals surface area contributed by atoms with Crippen LogP contribution in [0.4, 0.5) is 4.79 Å². The molecule has 0 radical (unpaired) electrons. The lowest BCUT2D eigenvalue weighted by molar-refractivity contribution is -0.142. The fourth-order valence-corrected chi connectivity index (χ4v) is 2.07. The highest BCUT2D eigenvalue weighted by Gasteiger charge is 2.26. The summed E-state index contributed by atoms with van der Waals surface area (Å²) in [5, 5.41) is 14.6. The van der Waals surface area contributed by atoms with Crippen molar-refractivity contribution in [1.82, 2.24) is 10.6 Å². The van der Waals surface area contributed by atoms with Crippen LogP contribution in [0.15, 0.2) is 0 Å². The zero-order valence-electron chi connectivity index (χ0n) is 11.5. The van der Waals surface area contributed by atoms with E-state index in [4.69, 9.17) is 5.11 Å². The summed E-state index contributed by atoms with van der Waals surface area (Å²) in [7, 11) is 0. The normalized spacial score (nSPS) is 24.4. The van der Waals surface area contributed by atoms with Gasteiger partial charge >= 0.3 is 12.0 Å². The molecule has 5 heteroatoms. The van der Waals surface area contributed by atoms with Crippen LogP contribution in [0.2, 0.25) is 0 Å².